The smallest absolute Gasteiger partial charge is 0.338 e. The van der Waals surface area contributed by atoms with Crippen LogP contribution in [0.4, 0.5) is 4.79 Å². The van der Waals surface area contributed by atoms with Crippen molar-refractivity contribution in [2.75, 3.05) is 13.4 Å². The minimum Gasteiger partial charge on any atom is -0.462 e. The molecule has 2 heterocycles. The fourth-order valence-corrected chi connectivity index (χ4v) is 3.08. The molecular formula is C19H24N2O5. The maximum atomic E-state index is 12.6. The Morgan fingerprint density at radius 1 is 1.23 bits per heavy atom. The predicted molar refractivity (Wildman–Crippen MR) is 94.8 cm³/mol. The van der Waals surface area contributed by atoms with Crippen molar-refractivity contribution < 1.29 is 23.8 Å². The molecule has 0 unspecified atom stereocenters. The summed E-state index contributed by atoms with van der Waals surface area (Å²) in [6.45, 7) is 4.37. The summed E-state index contributed by atoms with van der Waals surface area (Å²) in [5, 5.41) is 5.44. The van der Waals surface area contributed by atoms with Crippen molar-refractivity contribution in [1.29, 1.82) is 0 Å². The van der Waals surface area contributed by atoms with E-state index >= 15 is 0 Å². The molecule has 0 aromatic heterocycles. The largest absolute Gasteiger partial charge is 0.462 e. The maximum Gasteiger partial charge on any atom is 0.338 e. The van der Waals surface area contributed by atoms with E-state index in [0.717, 1.165) is 31.2 Å². The number of hydrogen-bond donors (Lipinski definition) is 2. The van der Waals surface area contributed by atoms with Crippen LogP contribution in [0.5, 0.6) is 11.5 Å². The molecule has 1 aromatic carbocycles. The number of amides is 2. The Kier molecular flexibility index (Phi) is 5.65. The van der Waals surface area contributed by atoms with E-state index in [1.807, 2.05) is 6.07 Å². The van der Waals surface area contributed by atoms with Gasteiger partial charge in [-0.1, -0.05) is 32.3 Å². The lowest BCUT2D eigenvalue weighted by molar-refractivity contribution is -0.139. The Balaban J connectivity index is 1.77. The van der Waals surface area contributed by atoms with Gasteiger partial charge >= 0.3 is 12.0 Å². The van der Waals surface area contributed by atoms with E-state index in [0.29, 0.717) is 29.4 Å². The highest BCUT2D eigenvalue weighted by atomic mass is 16.7. The summed E-state index contributed by atoms with van der Waals surface area (Å²) in [5.74, 6) is 0.823. The van der Waals surface area contributed by atoms with Crippen molar-refractivity contribution in [2.24, 2.45) is 0 Å². The van der Waals surface area contributed by atoms with Crippen molar-refractivity contribution >= 4 is 12.0 Å². The number of allylic oxidation sites excluding steroid dienone is 1. The summed E-state index contributed by atoms with van der Waals surface area (Å²) in [6.07, 6.45) is 4.11. The molecule has 26 heavy (non-hydrogen) atoms. The molecule has 0 aliphatic carbocycles. The van der Waals surface area contributed by atoms with E-state index < -0.39 is 12.0 Å². The molecule has 0 saturated carbocycles. The lowest BCUT2D eigenvalue weighted by atomic mass is 9.95. The van der Waals surface area contributed by atoms with Gasteiger partial charge in [0.05, 0.1) is 18.2 Å². The van der Waals surface area contributed by atoms with Crippen LogP contribution >= 0.6 is 0 Å². The number of fused-ring (bicyclic) bond motifs is 1. The van der Waals surface area contributed by atoms with Crippen LogP contribution in [0.1, 0.15) is 51.1 Å². The molecule has 2 amide bonds. The number of nitrogens with one attached hydrogen (secondary N) is 2. The first-order valence-corrected chi connectivity index (χ1v) is 8.95. The number of urea groups is 1. The SMILES string of the molecule is CCCCCCOC(=O)C1=C(C)NC(=O)N[C@@H]1c1ccc2c(c1)OCO2. The lowest BCUT2D eigenvalue weighted by Crippen LogP contribution is -2.45. The molecule has 0 bridgehead atoms. The van der Waals surface area contributed by atoms with Crippen molar-refractivity contribution in [3.63, 3.8) is 0 Å². The molecule has 7 heteroatoms. The summed E-state index contributed by atoms with van der Waals surface area (Å²) in [7, 11) is 0. The average molecular weight is 360 g/mol. The Labute approximate surface area is 152 Å². The quantitative estimate of drug-likeness (QED) is 0.576. The van der Waals surface area contributed by atoms with Crippen LogP contribution in [-0.4, -0.2) is 25.4 Å². The maximum absolute atomic E-state index is 12.6. The highest BCUT2D eigenvalue weighted by Crippen LogP contribution is 2.37. The first kappa shape index (κ1) is 18.1. The molecule has 3 rings (SSSR count). The first-order chi connectivity index (χ1) is 12.6. The molecular weight excluding hydrogens is 336 g/mol. The van der Waals surface area contributed by atoms with Crippen molar-refractivity contribution in [3.8, 4) is 11.5 Å². The Hall–Kier alpha value is -2.70. The van der Waals surface area contributed by atoms with Gasteiger partial charge in [0.2, 0.25) is 6.79 Å². The predicted octanol–water partition coefficient (Wildman–Crippen LogP) is 3.17. The molecule has 0 saturated heterocycles. The monoisotopic (exact) mass is 360 g/mol. The van der Waals surface area contributed by atoms with Gasteiger partial charge in [0, 0.05) is 5.70 Å². The third kappa shape index (κ3) is 3.92. The summed E-state index contributed by atoms with van der Waals surface area (Å²) in [6, 6.07) is 4.41. The molecule has 0 radical (unpaired) electrons. The second-order valence-electron chi connectivity index (χ2n) is 6.38. The van der Waals surface area contributed by atoms with Gasteiger partial charge in [-0.05, 0) is 31.0 Å². The van der Waals surface area contributed by atoms with Gasteiger partial charge in [-0.2, -0.15) is 0 Å². The van der Waals surface area contributed by atoms with Crippen LogP contribution in [0.15, 0.2) is 29.5 Å². The Bertz CT molecular complexity index is 729. The average Bonchev–Trinajstić information content (AvgIpc) is 3.08. The zero-order valence-corrected chi connectivity index (χ0v) is 15.1. The first-order valence-electron chi connectivity index (χ1n) is 8.95. The zero-order valence-electron chi connectivity index (χ0n) is 15.1. The number of benzene rings is 1. The molecule has 7 nitrogen and oxygen atoms in total. The number of carbonyl (C=O) groups is 2. The molecule has 2 aliphatic rings. The molecule has 2 N–H and O–H groups in total. The minimum absolute atomic E-state index is 0.166. The fourth-order valence-electron chi connectivity index (χ4n) is 3.08. The number of esters is 1. The van der Waals surface area contributed by atoms with Crippen LogP contribution in [0.25, 0.3) is 0 Å². The number of rotatable bonds is 7. The summed E-state index contributed by atoms with van der Waals surface area (Å²) in [4.78, 5) is 24.6. The fraction of sp³-hybridized carbons (Fsp3) is 0.474. The van der Waals surface area contributed by atoms with Crippen molar-refractivity contribution in [2.45, 2.75) is 45.6 Å². The van der Waals surface area contributed by atoms with Gasteiger partial charge in [-0.15, -0.1) is 0 Å². The molecule has 2 aliphatic heterocycles. The third-order valence-electron chi connectivity index (χ3n) is 4.45. The Morgan fingerprint density at radius 2 is 2.04 bits per heavy atom. The van der Waals surface area contributed by atoms with Crippen LogP contribution in [0.2, 0.25) is 0 Å². The van der Waals surface area contributed by atoms with E-state index in [2.05, 4.69) is 17.6 Å². The van der Waals surface area contributed by atoms with E-state index in [9.17, 15) is 9.59 Å². The molecule has 1 atom stereocenters. The number of hydrogen-bond acceptors (Lipinski definition) is 5. The standard InChI is InChI=1S/C19H24N2O5/c1-3-4-5-6-9-24-18(22)16-12(2)20-19(23)21-17(16)13-7-8-14-15(10-13)26-11-25-14/h7-8,10,17H,3-6,9,11H2,1-2H3,(H2,20,21,23)/t17-/m1/s1. The van der Waals surface area contributed by atoms with Gasteiger partial charge in [0.15, 0.2) is 11.5 Å². The summed E-state index contributed by atoms with van der Waals surface area (Å²) < 4.78 is 16.2. The Morgan fingerprint density at radius 3 is 2.85 bits per heavy atom. The van der Waals surface area contributed by atoms with Gasteiger partial charge in [-0.25, -0.2) is 9.59 Å². The van der Waals surface area contributed by atoms with Gasteiger partial charge in [-0.3, -0.25) is 0 Å². The van der Waals surface area contributed by atoms with Gasteiger partial charge in [0.1, 0.15) is 0 Å². The molecule has 140 valence electrons. The minimum atomic E-state index is -0.596. The molecule has 0 fully saturated rings. The van der Waals surface area contributed by atoms with Gasteiger partial charge < -0.3 is 24.8 Å². The number of carbonyl (C=O) groups excluding carboxylic acids is 2. The second kappa shape index (κ2) is 8.12. The van der Waals surface area contributed by atoms with E-state index in [1.165, 1.54) is 0 Å². The van der Waals surface area contributed by atoms with Crippen LogP contribution in [0.3, 0.4) is 0 Å². The second-order valence-corrected chi connectivity index (χ2v) is 6.38. The van der Waals surface area contributed by atoms with Crippen LogP contribution < -0.4 is 20.1 Å². The van der Waals surface area contributed by atoms with E-state index in [-0.39, 0.29) is 12.8 Å². The highest BCUT2D eigenvalue weighted by Gasteiger charge is 2.33. The highest BCUT2D eigenvalue weighted by molar-refractivity contribution is 5.95. The van der Waals surface area contributed by atoms with E-state index in [4.69, 9.17) is 14.2 Å². The number of unbranched alkanes of at least 4 members (excludes halogenated alkanes) is 3. The molecule has 1 aromatic rings. The molecule has 0 spiro atoms. The summed E-state index contributed by atoms with van der Waals surface area (Å²) >= 11 is 0. The number of ether oxygens (including phenoxy) is 3. The van der Waals surface area contributed by atoms with Crippen molar-refractivity contribution in [1.82, 2.24) is 10.6 Å². The third-order valence-corrected chi connectivity index (χ3v) is 4.45. The topological polar surface area (TPSA) is 85.9 Å². The van der Waals surface area contributed by atoms with Crippen molar-refractivity contribution in [3.05, 3.63) is 35.0 Å². The van der Waals surface area contributed by atoms with Crippen LogP contribution in [-0.2, 0) is 9.53 Å². The van der Waals surface area contributed by atoms with Gasteiger partial charge in [0.25, 0.3) is 0 Å². The van der Waals surface area contributed by atoms with Crippen LogP contribution in [0, 0.1) is 0 Å². The van der Waals surface area contributed by atoms with E-state index in [1.54, 1.807) is 19.1 Å². The zero-order chi connectivity index (χ0) is 18.5. The normalized spacial score (nSPS) is 18.4. The lowest BCUT2D eigenvalue weighted by Gasteiger charge is -2.28. The summed E-state index contributed by atoms with van der Waals surface area (Å²) in [5.41, 5.74) is 1.63.